The van der Waals surface area contributed by atoms with Crippen molar-refractivity contribution in [2.24, 2.45) is 23.7 Å². The Kier molecular flexibility index (Phi) is 3.08. The second-order valence-electron chi connectivity index (χ2n) is 6.48. The summed E-state index contributed by atoms with van der Waals surface area (Å²) < 4.78 is 0. The maximum absolute atomic E-state index is 11.7. The molecule has 1 spiro atoms. The third-order valence-corrected chi connectivity index (χ3v) is 5.45. The van der Waals surface area contributed by atoms with Crippen LogP contribution in [0.5, 0.6) is 0 Å². The lowest BCUT2D eigenvalue weighted by Gasteiger charge is -2.52. The summed E-state index contributed by atoms with van der Waals surface area (Å²) in [5, 5.41) is 9.84. The standard InChI is InChI=1S/C15H22O4/c1-8-4-5-12-9(2)14(17)18-19-15(12)7-11(10(3)16)6-13(8)15/h7-9,12-14,17H,4-6H2,1-3H3/t8-,9-,12+,13+,14?,15+/m1/s1. The number of rotatable bonds is 1. The zero-order valence-electron chi connectivity index (χ0n) is 11.8. The molecule has 0 aromatic rings. The van der Waals surface area contributed by atoms with E-state index in [1.807, 2.05) is 13.0 Å². The van der Waals surface area contributed by atoms with Gasteiger partial charge in [-0.05, 0) is 43.8 Å². The number of Topliss-reactive ketones (excluding diaryl/α,β-unsaturated/α-hetero) is 1. The molecule has 3 aliphatic rings. The Labute approximate surface area is 113 Å². The van der Waals surface area contributed by atoms with Crippen molar-refractivity contribution in [2.75, 3.05) is 0 Å². The molecule has 1 aliphatic heterocycles. The molecule has 1 saturated carbocycles. The molecule has 0 aromatic heterocycles. The second-order valence-corrected chi connectivity index (χ2v) is 6.48. The molecular formula is C15H22O4. The molecule has 1 heterocycles. The van der Waals surface area contributed by atoms with Crippen LogP contribution in [0.4, 0.5) is 0 Å². The normalized spacial score (nSPS) is 49.3. The molecule has 1 saturated heterocycles. The Hall–Kier alpha value is -0.710. The van der Waals surface area contributed by atoms with Crippen LogP contribution in [0.15, 0.2) is 11.6 Å². The number of ketones is 1. The van der Waals surface area contributed by atoms with Crippen LogP contribution >= 0.6 is 0 Å². The summed E-state index contributed by atoms with van der Waals surface area (Å²) in [5.74, 6) is 1.19. The minimum Gasteiger partial charge on any atom is -0.365 e. The smallest absolute Gasteiger partial charge is 0.191 e. The highest BCUT2D eigenvalue weighted by molar-refractivity contribution is 5.94. The van der Waals surface area contributed by atoms with Crippen molar-refractivity contribution >= 4 is 5.78 Å². The first-order valence-electron chi connectivity index (χ1n) is 7.21. The number of hydrogen-bond acceptors (Lipinski definition) is 4. The van der Waals surface area contributed by atoms with Crippen molar-refractivity contribution in [2.45, 2.75) is 51.9 Å². The van der Waals surface area contributed by atoms with Gasteiger partial charge < -0.3 is 5.11 Å². The molecule has 1 unspecified atom stereocenters. The Morgan fingerprint density at radius 2 is 2.11 bits per heavy atom. The van der Waals surface area contributed by atoms with Gasteiger partial charge >= 0.3 is 0 Å². The number of aliphatic hydroxyl groups is 1. The van der Waals surface area contributed by atoms with Gasteiger partial charge in [0.25, 0.3) is 0 Å². The number of aliphatic hydroxyl groups excluding tert-OH is 1. The molecule has 19 heavy (non-hydrogen) atoms. The van der Waals surface area contributed by atoms with Crippen LogP contribution in [0.1, 0.15) is 40.0 Å². The van der Waals surface area contributed by atoms with Gasteiger partial charge in [0.15, 0.2) is 12.1 Å². The lowest BCUT2D eigenvalue weighted by molar-refractivity contribution is -0.472. The predicted octanol–water partition coefficient (Wildman–Crippen LogP) is 2.22. The van der Waals surface area contributed by atoms with Crippen LogP contribution in [0.2, 0.25) is 0 Å². The van der Waals surface area contributed by atoms with Gasteiger partial charge in [-0.15, -0.1) is 0 Å². The maximum atomic E-state index is 11.7. The minimum absolute atomic E-state index is 0.0336. The van der Waals surface area contributed by atoms with E-state index >= 15 is 0 Å². The summed E-state index contributed by atoms with van der Waals surface area (Å²) in [6.45, 7) is 5.84. The first kappa shape index (κ1) is 13.3. The second kappa shape index (κ2) is 4.40. The van der Waals surface area contributed by atoms with Crippen LogP contribution < -0.4 is 0 Å². The van der Waals surface area contributed by atoms with Crippen molar-refractivity contribution in [3.05, 3.63) is 11.6 Å². The maximum Gasteiger partial charge on any atom is 0.191 e. The highest BCUT2D eigenvalue weighted by Crippen LogP contribution is 2.56. The molecule has 1 N–H and O–H groups in total. The summed E-state index contributed by atoms with van der Waals surface area (Å²) in [7, 11) is 0. The third-order valence-electron chi connectivity index (χ3n) is 5.45. The minimum atomic E-state index is -0.862. The van der Waals surface area contributed by atoms with Crippen molar-refractivity contribution in [3.63, 3.8) is 0 Å². The van der Waals surface area contributed by atoms with E-state index in [1.165, 1.54) is 0 Å². The van der Waals surface area contributed by atoms with E-state index < -0.39 is 11.9 Å². The van der Waals surface area contributed by atoms with Gasteiger partial charge in [-0.3, -0.25) is 4.79 Å². The SMILES string of the molecule is CC(=O)C1=C[C@]23OOC(O)[C@H](C)[C@@H]2CC[C@@H](C)[C@@H]3C1. The van der Waals surface area contributed by atoms with Gasteiger partial charge in [0.05, 0.1) is 0 Å². The highest BCUT2D eigenvalue weighted by atomic mass is 17.2. The summed E-state index contributed by atoms with van der Waals surface area (Å²) in [6, 6.07) is 0. The third kappa shape index (κ3) is 1.81. The Bertz CT molecular complexity index is 430. The van der Waals surface area contributed by atoms with E-state index in [9.17, 15) is 9.90 Å². The van der Waals surface area contributed by atoms with E-state index in [0.29, 0.717) is 11.8 Å². The first-order chi connectivity index (χ1) is 8.95. The number of carbonyl (C=O) groups excluding carboxylic acids is 1. The topological polar surface area (TPSA) is 55.8 Å². The highest BCUT2D eigenvalue weighted by Gasteiger charge is 2.59. The van der Waals surface area contributed by atoms with Gasteiger partial charge in [-0.1, -0.05) is 13.8 Å². The molecular weight excluding hydrogens is 244 g/mol. The molecule has 0 bridgehead atoms. The van der Waals surface area contributed by atoms with Crippen LogP contribution in [-0.2, 0) is 14.6 Å². The van der Waals surface area contributed by atoms with E-state index in [0.717, 1.165) is 24.8 Å². The van der Waals surface area contributed by atoms with E-state index in [-0.39, 0.29) is 17.6 Å². The van der Waals surface area contributed by atoms with Gasteiger partial charge in [0.2, 0.25) is 0 Å². The Balaban J connectivity index is 2.01. The molecule has 6 atom stereocenters. The fraction of sp³-hybridized carbons (Fsp3) is 0.800. The summed E-state index contributed by atoms with van der Waals surface area (Å²) in [4.78, 5) is 22.5. The van der Waals surface area contributed by atoms with Crippen LogP contribution in [0, 0.1) is 23.7 Å². The molecule has 4 nitrogen and oxygen atoms in total. The van der Waals surface area contributed by atoms with E-state index in [4.69, 9.17) is 9.78 Å². The summed E-state index contributed by atoms with van der Waals surface area (Å²) >= 11 is 0. The Morgan fingerprint density at radius 3 is 2.79 bits per heavy atom. The molecule has 106 valence electrons. The molecule has 0 radical (unpaired) electrons. The molecule has 2 aliphatic carbocycles. The number of hydrogen-bond donors (Lipinski definition) is 1. The van der Waals surface area contributed by atoms with Gasteiger partial charge in [0.1, 0.15) is 5.60 Å². The van der Waals surface area contributed by atoms with Crippen LogP contribution in [-0.4, -0.2) is 22.8 Å². The Morgan fingerprint density at radius 1 is 1.37 bits per heavy atom. The quantitative estimate of drug-likeness (QED) is 0.739. The monoisotopic (exact) mass is 266 g/mol. The molecule has 0 aromatic carbocycles. The van der Waals surface area contributed by atoms with Crippen molar-refractivity contribution in [1.82, 2.24) is 0 Å². The van der Waals surface area contributed by atoms with E-state index in [2.05, 4.69) is 6.92 Å². The average molecular weight is 266 g/mol. The molecule has 4 heteroatoms. The van der Waals surface area contributed by atoms with Gasteiger partial charge in [0, 0.05) is 17.8 Å². The fourth-order valence-corrected chi connectivity index (χ4v) is 4.22. The summed E-state index contributed by atoms with van der Waals surface area (Å²) in [6.07, 6.45) is 4.04. The van der Waals surface area contributed by atoms with Crippen LogP contribution in [0.3, 0.4) is 0 Å². The van der Waals surface area contributed by atoms with Crippen molar-refractivity contribution in [1.29, 1.82) is 0 Å². The fourth-order valence-electron chi connectivity index (χ4n) is 4.22. The van der Waals surface area contributed by atoms with Gasteiger partial charge in [-0.2, -0.15) is 0 Å². The molecule has 2 fully saturated rings. The number of allylic oxidation sites excluding steroid dienone is 1. The predicted molar refractivity (Wildman–Crippen MR) is 68.8 cm³/mol. The first-order valence-corrected chi connectivity index (χ1v) is 7.21. The van der Waals surface area contributed by atoms with Gasteiger partial charge in [-0.25, -0.2) is 9.78 Å². The number of carbonyl (C=O) groups is 1. The summed E-state index contributed by atoms with van der Waals surface area (Å²) in [5.41, 5.74) is 0.355. The lowest BCUT2D eigenvalue weighted by Crippen LogP contribution is -2.57. The molecule has 0 amide bonds. The van der Waals surface area contributed by atoms with Crippen molar-refractivity contribution < 1.29 is 19.7 Å². The van der Waals surface area contributed by atoms with E-state index in [1.54, 1.807) is 6.92 Å². The zero-order chi connectivity index (χ0) is 13.8. The van der Waals surface area contributed by atoms with Crippen molar-refractivity contribution in [3.8, 4) is 0 Å². The lowest BCUT2D eigenvalue weighted by atomic mass is 9.61. The van der Waals surface area contributed by atoms with Crippen LogP contribution in [0.25, 0.3) is 0 Å². The largest absolute Gasteiger partial charge is 0.365 e. The zero-order valence-corrected chi connectivity index (χ0v) is 11.8. The average Bonchev–Trinajstić information content (AvgIpc) is 2.76. The molecule has 3 rings (SSSR count).